The number of ether oxygens (including phenoxy) is 1. The summed E-state index contributed by atoms with van der Waals surface area (Å²) in [6, 6.07) is 11.8. The molecule has 1 unspecified atom stereocenters. The molecule has 0 radical (unpaired) electrons. The third-order valence-corrected chi connectivity index (χ3v) is 7.39. The lowest BCUT2D eigenvalue weighted by Gasteiger charge is -2.34. The van der Waals surface area contributed by atoms with Gasteiger partial charge in [-0.25, -0.2) is 18.6 Å². The lowest BCUT2D eigenvalue weighted by molar-refractivity contribution is 0.0158. The number of nitrogens with one attached hydrogen (secondary N) is 1. The number of likely N-dealkylation sites (tertiary alicyclic amines) is 1. The van der Waals surface area contributed by atoms with Gasteiger partial charge in [0, 0.05) is 43.3 Å². The minimum atomic E-state index is -0.901. The van der Waals surface area contributed by atoms with Gasteiger partial charge in [0.25, 0.3) is 0 Å². The van der Waals surface area contributed by atoms with Crippen molar-refractivity contribution < 1.29 is 18.3 Å². The van der Waals surface area contributed by atoms with Crippen LogP contribution in [0.5, 0.6) is 0 Å². The quantitative estimate of drug-likeness (QED) is 0.254. The fourth-order valence-electron chi connectivity index (χ4n) is 5.16. The van der Waals surface area contributed by atoms with Crippen LogP contribution < -0.4 is 5.32 Å². The Hall–Kier alpha value is -3.72. The van der Waals surface area contributed by atoms with E-state index in [4.69, 9.17) is 21.3 Å². The van der Waals surface area contributed by atoms with Gasteiger partial charge in [0.05, 0.1) is 10.7 Å². The number of anilines is 1. The average Bonchev–Trinajstić information content (AvgIpc) is 3.25. The highest BCUT2D eigenvalue weighted by atomic mass is 35.5. The molecule has 41 heavy (non-hydrogen) atoms. The van der Waals surface area contributed by atoms with E-state index < -0.39 is 17.2 Å². The van der Waals surface area contributed by atoms with Gasteiger partial charge in [0.15, 0.2) is 11.6 Å². The van der Waals surface area contributed by atoms with Crippen molar-refractivity contribution in [2.45, 2.75) is 59.2 Å². The van der Waals surface area contributed by atoms with Gasteiger partial charge in [-0.1, -0.05) is 29.8 Å². The predicted molar refractivity (Wildman–Crippen MR) is 157 cm³/mol. The van der Waals surface area contributed by atoms with Crippen LogP contribution in [0.1, 0.15) is 44.7 Å². The number of carbonyl (C=O) groups excluding carboxylic acids is 1. The fraction of sp³-hybridized carbons (Fsp3) is 0.387. The molecule has 0 bridgehead atoms. The van der Waals surface area contributed by atoms with Crippen LogP contribution in [0, 0.1) is 24.5 Å². The summed E-state index contributed by atoms with van der Waals surface area (Å²) in [6.07, 6.45) is 3.27. The number of piperidine rings is 1. The third-order valence-electron chi connectivity index (χ3n) is 7.08. The van der Waals surface area contributed by atoms with Crippen LogP contribution in [-0.4, -0.2) is 44.2 Å². The summed E-state index contributed by atoms with van der Waals surface area (Å²) in [6.45, 7) is 9.68. The van der Waals surface area contributed by atoms with Crippen molar-refractivity contribution in [3.63, 3.8) is 0 Å². The number of carbonyl (C=O) groups is 1. The molecular weight excluding hydrogens is 548 g/mol. The van der Waals surface area contributed by atoms with Crippen molar-refractivity contribution in [1.82, 2.24) is 19.4 Å². The first kappa shape index (κ1) is 28.8. The van der Waals surface area contributed by atoms with E-state index in [0.29, 0.717) is 41.8 Å². The molecule has 10 heteroatoms. The minimum Gasteiger partial charge on any atom is -0.444 e. The molecule has 5 rings (SSSR count). The van der Waals surface area contributed by atoms with Crippen molar-refractivity contribution in [3.05, 3.63) is 76.4 Å². The summed E-state index contributed by atoms with van der Waals surface area (Å²) >= 11 is 6.72. The van der Waals surface area contributed by atoms with Crippen molar-refractivity contribution in [1.29, 1.82) is 0 Å². The minimum absolute atomic E-state index is 0.170. The maximum atomic E-state index is 13.7. The molecule has 2 aromatic carbocycles. The zero-order valence-electron chi connectivity index (χ0n) is 23.7. The van der Waals surface area contributed by atoms with Crippen LogP contribution in [0.15, 0.2) is 48.7 Å². The van der Waals surface area contributed by atoms with Gasteiger partial charge in [-0.3, -0.25) is 0 Å². The smallest absolute Gasteiger partial charge is 0.410 e. The van der Waals surface area contributed by atoms with Crippen molar-refractivity contribution in [2.24, 2.45) is 5.92 Å². The second kappa shape index (κ2) is 11.6. The molecule has 1 aliphatic heterocycles. The summed E-state index contributed by atoms with van der Waals surface area (Å²) < 4.78 is 34.8. The Morgan fingerprint density at radius 2 is 1.95 bits per heavy atom. The molecule has 1 amide bonds. The molecular formula is C31H34ClF2N5O2. The molecule has 0 spiro atoms. The Morgan fingerprint density at radius 3 is 2.68 bits per heavy atom. The Morgan fingerprint density at radius 1 is 1.15 bits per heavy atom. The molecule has 0 saturated carbocycles. The first-order chi connectivity index (χ1) is 19.5. The summed E-state index contributed by atoms with van der Waals surface area (Å²) in [7, 11) is 0. The summed E-state index contributed by atoms with van der Waals surface area (Å²) in [5.41, 5.74) is 3.58. The molecule has 1 fully saturated rings. The van der Waals surface area contributed by atoms with Gasteiger partial charge >= 0.3 is 6.09 Å². The number of hydrogen-bond acceptors (Lipinski definition) is 5. The number of fused-ring (bicyclic) bond motifs is 1. The van der Waals surface area contributed by atoms with Crippen LogP contribution in [0.25, 0.3) is 22.3 Å². The zero-order valence-corrected chi connectivity index (χ0v) is 24.4. The van der Waals surface area contributed by atoms with E-state index in [1.807, 2.05) is 52.0 Å². The maximum Gasteiger partial charge on any atom is 0.410 e. The van der Waals surface area contributed by atoms with Crippen molar-refractivity contribution >= 4 is 34.7 Å². The number of hydrogen-bond donors (Lipinski definition) is 1. The summed E-state index contributed by atoms with van der Waals surface area (Å²) in [5.74, 6) is -1.26. The zero-order chi connectivity index (χ0) is 29.3. The Bertz CT molecular complexity index is 1580. The van der Waals surface area contributed by atoms with Gasteiger partial charge in [-0.05, 0) is 81.8 Å². The van der Waals surface area contributed by atoms with Crippen LogP contribution in [0.3, 0.4) is 0 Å². The standard InChI is InChI=1S/C31H34ClF2N5O2/c1-19-7-9-23(24(32)12-19)27-14-22-16-36-29(35-15-20-8-10-25(33)26(34)13-20)37-28(22)39(27)18-21-6-5-11-38(17-21)30(40)41-31(2,3)4/h7-10,12-14,16,21H,5-6,11,15,17-18H2,1-4H3,(H,35,36,37). The van der Waals surface area contributed by atoms with Gasteiger partial charge in [0.2, 0.25) is 5.95 Å². The van der Waals surface area contributed by atoms with E-state index in [1.165, 1.54) is 6.07 Å². The van der Waals surface area contributed by atoms with E-state index in [1.54, 1.807) is 11.1 Å². The van der Waals surface area contributed by atoms with Crippen LogP contribution >= 0.6 is 11.6 Å². The molecule has 1 atom stereocenters. The first-order valence-electron chi connectivity index (χ1n) is 13.8. The Labute approximate surface area is 243 Å². The van der Waals surface area contributed by atoms with E-state index in [2.05, 4.69) is 14.9 Å². The highest BCUT2D eigenvalue weighted by Crippen LogP contribution is 2.35. The van der Waals surface area contributed by atoms with Crippen molar-refractivity contribution in [2.75, 3.05) is 18.4 Å². The lowest BCUT2D eigenvalue weighted by atomic mass is 9.98. The molecule has 7 nitrogen and oxygen atoms in total. The molecule has 2 aromatic heterocycles. The van der Waals surface area contributed by atoms with Gasteiger partial charge < -0.3 is 19.5 Å². The second-order valence-electron chi connectivity index (χ2n) is 11.6. The largest absolute Gasteiger partial charge is 0.444 e. The Balaban J connectivity index is 1.46. The second-order valence-corrected chi connectivity index (χ2v) is 12.0. The molecule has 1 saturated heterocycles. The summed E-state index contributed by atoms with van der Waals surface area (Å²) in [4.78, 5) is 23.9. The number of aryl methyl sites for hydroxylation is 1. The topological polar surface area (TPSA) is 72.3 Å². The molecule has 0 aliphatic carbocycles. The monoisotopic (exact) mass is 581 g/mol. The molecule has 3 heterocycles. The average molecular weight is 582 g/mol. The third kappa shape index (κ3) is 6.78. The first-order valence-corrected chi connectivity index (χ1v) is 14.1. The number of amides is 1. The fourth-order valence-corrected chi connectivity index (χ4v) is 5.49. The highest BCUT2D eigenvalue weighted by Gasteiger charge is 2.29. The van der Waals surface area contributed by atoms with E-state index >= 15 is 0 Å². The van der Waals surface area contributed by atoms with Gasteiger partial charge in [-0.2, -0.15) is 4.98 Å². The van der Waals surface area contributed by atoms with E-state index in [-0.39, 0.29) is 18.6 Å². The maximum absolute atomic E-state index is 13.7. The summed E-state index contributed by atoms with van der Waals surface area (Å²) in [5, 5.41) is 4.60. The number of aromatic nitrogens is 3. The number of benzene rings is 2. The van der Waals surface area contributed by atoms with E-state index in [0.717, 1.165) is 47.2 Å². The van der Waals surface area contributed by atoms with Crippen LogP contribution in [0.4, 0.5) is 19.5 Å². The van der Waals surface area contributed by atoms with Gasteiger partial charge in [-0.15, -0.1) is 0 Å². The molecule has 1 aliphatic rings. The molecule has 216 valence electrons. The van der Waals surface area contributed by atoms with Crippen LogP contribution in [-0.2, 0) is 17.8 Å². The highest BCUT2D eigenvalue weighted by molar-refractivity contribution is 6.33. The molecule has 4 aromatic rings. The van der Waals surface area contributed by atoms with E-state index in [9.17, 15) is 13.6 Å². The molecule has 1 N–H and O–H groups in total. The normalized spacial score (nSPS) is 15.8. The Kier molecular flexibility index (Phi) is 8.18. The number of rotatable bonds is 6. The lowest BCUT2D eigenvalue weighted by Crippen LogP contribution is -2.43. The predicted octanol–water partition coefficient (Wildman–Crippen LogP) is 7.60. The number of halogens is 3. The van der Waals surface area contributed by atoms with Crippen molar-refractivity contribution in [3.8, 4) is 11.3 Å². The van der Waals surface area contributed by atoms with Crippen LogP contribution in [0.2, 0.25) is 5.02 Å². The SMILES string of the molecule is Cc1ccc(-c2cc3cnc(NCc4ccc(F)c(F)c4)nc3n2CC2CCCN(C(=O)OC(C)(C)C)C2)c(Cl)c1. The number of nitrogens with zero attached hydrogens (tertiary/aromatic N) is 4. The van der Waals surface area contributed by atoms with Gasteiger partial charge in [0.1, 0.15) is 11.2 Å².